The minimum Gasteiger partial charge on any atom is -1.00 e. The summed E-state index contributed by atoms with van der Waals surface area (Å²) in [6, 6.07) is -1.24. The number of rotatable bonds is 4. The summed E-state index contributed by atoms with van der Waals surface area (Å²) >= 11 is 0. The Bertz CT molecular complexity index is 246. The van der Waals surface area contributed by atoms with Crippen molar-refractivity contribution in [3.8, 4) is 0 Å². The molecule has 0 radical (unpaired) electrons. The molecule has 0 aliphatic rings. The fourth-order valence-corrected chi connectivity index (χ4v) is 0.951. The van der Waals surface area contributed by atoms with Gasteiger partial charge in [-0.3, -0.25) is 9.35 Å². The van der Waals surface area contributed by atoms with Crippen LogP contribution in [0.25, 0.3) is 0 Å². The molecule has 0 rings (SSSR count). The van der Waals surface area contributed by atoms with Gasteiger partial charge in [0.25, 0.3) is 10.1 Å². The Morgan fingerprint density at radius 3 is 2.25 bits per heavy atom. The van der Waals surface area contributed by atoms with Crippen LogP contribution < -0.4 is 5.73 Å². The van der Waals surface area contributed by atoms with Crippen molar-refractivity contribution in [3.05, 3.63) is 0 Å². The molecule has 12 heavy (non-hydrogen) atoms. The minimum absolute atomic E-state index is 0. The Labute approximate surface area is 110 Å². The SMILES string of the molecule is NC(CCS(=O)(=O)O)C(=O)O.[H-].[H-].[Sr+2]. The van der Waals surface area contributed by atoms with Gasteiger partial charge < -0.3 is 13.7 Å². The Kier molecular flexibility index (Phi) is 8.03. The van der Waals surface area contributed by atoms with E-state index in [2.05, 4.69) is 0 Å². The molecule has 0 aliphatic heterocycles. The van der Waals surface area contributed by atoms with E-state index in [4.69, 9.17) is 15.4 Å². The first-order chi connectivity index (χ1) is 4.83. The summed E-state index contributed by atoms with van der Waals surface area (Å²) in [6.45, 7) is 0. The molecule has 70 valence electrons. The first kappa shape index (κ1) is 15.3. The molecule has 0 amide bonds. The van der Waals surface area contributed by atoms with Crippen molar-refractivity contribution in [3.63, 3.8) is 0 Å². The van der Waals surface area contributed by atoms with Gasteiger partial charge in [0.15, 0.2) is 0 Å². The maximum atomic E-state index is 10.1. The first-order valence-corrected chi connectivity index (χ1v) is 4.37. The monoisotopic (exact) mass is 273 g/mol. The second-order valence-electron chi connectivity index (χ2n) is 2.02. The van der Waals surface area contributed by atoms with Crippen molar-refractivity contribution >= 4 is 61.6 Å². The molecule has 8 heteroatoms. The predicted molar refractivity (Wildman–Crippen MR) is 44.6 cm³/mol. The standard InChI is InChI=1S/C4H9NO5S.Sr.2H/c5-3(4(6)7)1-2-11(8,9)10;;;/h3H,1-2,5H2,(H,6,7)(H,8,9,10);;;/q;+2;2*-1. The molecule has 0 aromatic carbocycles. The number of carbonyl (C=O) groups is 1. The summed E-state index contributed by atoms with van der Waals surface area (Å²) in [6.07, 6.45) is -0.284. The van der Waals surface area contributed by atoms with E-state index in [-0.39, 0.29) is 54.8 Å². The molecule has 0 aromatic heterocycles. The van der Waals surface area contributed by atoms with Crippen molar-refractivity contribution in [2.45, 2.75) is 12.5 Å². The van der Waals surface area contributed by atoms with Crippen LogP contribution in [0.5, 0.6) is 0 Å². The van der Waals surface area contributed by atoms with Gasteiger partial charge in [0.1, 0.15) is 6.04 Å². The molecule has 0 spiro atoms. The van der Waals surface area contributed by atoms with Gasteiger partial charge >= 0.3 is 51.5 Å². The largest absolute Gasteiger partial charge is 2.00 e. The van der Waals surface area contributed by atoms with E-state index in [0.29, 0.717) is 0 Å². The fourth-order valence-electron chi connectivity index (χ4n) is 0.399. The predicted octanol–water partition coefficient (Wildman–Crippen LogP) is -1.48. The molecule has 0 saturated carbocycles. The quantitative estimate of drug-likeness (QED) is 0.424. The molecule has 1 unspecified atom stereocenters. The number of hydrogen-bond donors (Lipinski definition) is 3. The molecule has 0 saturated heterocycles. The first-order valence-electron chi connectivity index (χ1n) is 2.76. The van der Waals surface area contributed by atoms with Crippen LogP contribution in [-0.4, -0.2) is 81.3 Å². The van der Waals surface area contributed by atoms with E-state index in [0.717, 1.165) is 0 Å². The van der Waals surface area contributed by atoms with Gasteiger partial charge in [-0.15, -0.1) is 0 Å². The molecule has 1 atom stereocenters. The number of carboxylic acid groups (broad SMARTS) is 1. The van der Waals surface area contributed by atoms with Gasteiger partial charge in [-0.2, -0.15) is 8.42 Å². The van der Waals surface area contributed by atoms with Crippen molar-refractivity contribution in [2.75, 3.05) is 5.75 Å². The van der Waals surface area contributed by atoms with Crippen LogP contribution in [0.15, 0.2) is 0 Å². The molecule has 0 aromatic rings. The summed E-state index contributed by atoms with van der Waals surface area (Å²) in [7, 11) is -4.10. The Balaban J connectivity index is -0.000000167. The summed E-state index contributed by atoms with van der Waals surface area (Å²) < 4.78 is 28.3. The molecule has 0 heterocycles. The average Bonchev–Trinajstić information content (AvgIpc) is 1.80. The van der Waals surface area contributed by atoms with Crippen molar-refractivity contribution in [1.82, 2.24) is 0 Å². The zero-order valence-corrected chi connectivity index (χ0v) is 10.6. The zero-order valence-electron chi connectivity index (χ0n) is 8.30. The number of aliphatic carboxylic acids is 1. The minimum atomic E-state index is -4.10. The molecular formula is C4H11NO5SSr. The van der Waals surface area contributed by atoms with Crippen molar-refractivity contribution in [1.29, 1.82) is 0 Å². The number of carboxylic acids is 1. The summed E-state index contributed by atoms with van der Waals surface area (Å²) in [4.78, 5) is 10.0. The zero-order chi connectivity index (χ0) is 9.07. The van der Waals surface area contributed by atoms with E-state index >= 15 is 0 Å². The van der Waals surface area contributed by atoms with Crippen LogP contribution in [0.1, 0.15) is 9.27 Å². The van der Waals surface area contributed by atoms with E-state index in [1.54, 1.807) is 0 Å². The van der Waals surface area contributed by atoms with Gasteiger partial charge in [0, 0.05) is 0 Å². The normalized spacial score (nSPS) is 13.2. The Morgan fingerprint density at radius 2 is 2.00 bits per heavy atom. The van der Waals surface area contributed by atoms with Crippen LogP contribution >= 0.6 is 0 Å². The Morgan fingerprint density at radius 1 is 1.58 bits per heavy atom. The fraction of sp³-hybridized carbons (Fsp3) is 0.750. The third-order valence-corrected chi connectivity index (χ3v) is 1.76. The van der Waals surface area contributed by atoms with Crippen LogP contribution in [0.4, 0.5) is 0 Å². The topological polar surface area (TPSA) is 118 Å². The van der Waals surface area contributed by atoms with Gasteiger partial charge in [-0.05, 0) is 6.42 Å². The van der Waals surface area contributed by atoms with E-state index in [9.17, 15) is 13.2 Å². The average molecular weight is 273 g/mol. The third kappa shape index (κ3) is 8.91. The molecule has 0 fully saturated rings. The summed E-state index contributed by atoms with van der Waals surface area (Å²) in [5.74, 6) is -1.91. The smallest absolute Gasteiger partial charge is 1.00 e. The second kappa shape index (κ2) is 6.30. The second-order valence-corrected chi connectivity index (χ2v) is 3.59. The summed E-state index contributed by atoms with van der Waals surface area (Å²) in [5, 5.41) is 8.18. The van der Waals surface area contributed by atoms with Gasteiger partial charge in [-0.1, -0.05) is 0 Å². The van der Waals surface area contributed by atoms with Gasteiger partial charge in [-0.25, -0.2) is 0 Å². The number of hydrogen-bond acceptors (Lipinski definition) is 4. The summed E-state index contributed by atoms with van der Waals surface area (Å²) in [5.41, 5.74) is 4.95. The molecule has 0 aliphatic carbocycles. The van der Waals surface area contributed by atoms with E-state index < -0.39 is 27.9 Å². The Hall–Kier alpha value is 0.821. The maximum Gasteiger partial charge on any atom is 2.00 e. The molecule has 6 nitrogen and oxygen atoms in total. The van der Waals surface area contributed by atoms with Crippen molar-refractivity contribution in [2.24, 2.45) is 5.73 Å². The third-order valence-electron chi connectivity index (χ3n) is 1.00. The van der Waals surface area contributed by atoms with E-state index in [1.165, 1.54) is 0 Å². The maximum absolute atomic E-state index is 10.1. The van der Waals surface area contributed by atoms with Crippen LogP contribution in [0.3, 0.4) is 0 Å². The molecule has 0 bridgehead atoms. The molecule has 4 N–H and O–H groups in total. The number of nitrogens with two attached hydrogens (primary N) is 1. The van der Waals surface area contributed by atoms with Gasteiger partial charge in [0.2, 0.25) is 0 Å². The van der Waals surface area contributed by atoms with Crippen LogP contribution in [0.2, 0.25) is 0 Å². The van der Waals surface area contributed by atoms with Crippen LogP contribution in [0, 0.1) is 0 Å². The van der Waals surface area contributed by atoms with Crippen molar-refractivity contribution < 1.29 is 25.7 Å². The van der Waals surface area contributed by atoms with E-state index in [1.807, 2.05) is 0 Å². The van der Waals surface area contributed by atoms with Gasteiger partial charge in [0.05, 0.1) is 5.75 Å². The molecular weight excluding hydrogens is 262 g/mol. The van der Waals surface area contributed by atoms with Crippen LogP contribution in [-0.2, 0) is 14.9 Å².